The van der Waals surface area contributed by atoms with Gasteiger partial charge in [-0.25, -0.2) is 4.98 Å². The summed E-state index contributed by atoms with van der Waals surface area (Å²) < 4.78 is 11.0. The maximum absolute atomic E-state index is 12.5. The van der Waals surface area contributed by atoms with Crippen molar-refractivity contribution in [1.29, 1.82) is 0 Å². The van der Waals surface area contributed by atoms with Crippen LogP contribution in [0.25, 0.3) is 10.6 Å². The molecule has 0 radical (unpaired) electrons. The molecule has 2 heterocycles. The van der Waals surface area contributed by atoms with Gasteiger partial charge in [-0.3, -0.25) is 9.78 Å². The standard InChI is InChI=1S/C21H22N2O3S/c1-4-25-18-9-7-15(8-10-18)19-23-17(14-27-19)13-26-20(24)21(2,3)16-6-5-11-22-12-16/h5-12,14H,4,13H2,1-3H3. The summed E-state index contributed by atoms with van der Waals surface area (Å²) >= 11 is 1.52. The quantitative estimate of drug-likeness (QED) is 0.558. The SMILES string of the molecule is CCOc1ccc(-c2nc(COC(=O)C(C)(C)c3cccnc3)cs2)cc1. The van der Waals surface area contributed by atoms with Gasteiger partial charge in [-0.15, -0.1) is 11.3 Å². The van der Waals surface area contributed by atoms with Crippen LogP contribution in [-0.2, 0) is 21.6 Å². The Labute approximate surface area is 163 Å². The van der Waals surface area contributed by atoms with Gasteiger partial charge in [0.05, 0.1) is 17.7 Å². The van der Waals surface area contributed by atoms with Gasteiger partial charge in [-0.05, 0) is 56.7 Å². The third-order valence-corrected chi connectivity index (χ3v) is 5.15. The second-order valence-corrected chi connectivity index (χ2v) is 7.40. The molecule has 0 amide bonds. The molecule has 0 unspecified atom stereocenters. The number of rotatable bonds is 7. The molecule has 0 aliphatic carbocycles. The number of hydrogen-bond donors (Lipinski definition) is 0. The van der Waals surface area contributed by atoms with E-state index < -0.39 is 5.41 Å². The highest BCUT2D eigenvalue weighted by Gasteiger charge is 2.31. The van der Waals surface area contributed by atoms with Crippen LogP contribution in [0.2, 0.25) is 0 Å². The van der Waals surface area contributed by atoms with Gasteiger partial charge in [0, 0.05) is 23.3 Å². The maximum atomic E-state index is 12.5. The summed E-state index contributed by atoms with van der Waals surface area (Å²) in [6, 6.07) is 11.5. The van der Waals surface area contributed by atoms with Gasteiger partial charge in [-0.1, -0.05) is 6.07 Å². The third-order valence-electron chi connectivity index (χ3n) is 4.21. The van der Waals surface area contributed by atoms with E-state index in [-0.39, 0.29) is 12.6 Å². The molecule has 0 atom stereocenters. The zero-order valence-corrected chi connectivity index (χ0v) is 16.5. The highest BCUT2D eigenvalue weighted by Crippen LogP contribution is 2.27. The summed E-state index contributed by atoms with van der Waals surface area (Å²) in [5.74, 6) is 0.538. The molecular weight excluding hydrogens is 360 g/mol. The van der Waals surface area contributed by atoms with Gasteiger partial charge in [0.2, 0.25) is 0 Å². The monoisotopic (exact) mass is 382 g/mol. The van der Waals surface area contributed by atoms with Crippen molar-refractivity contribution in [2.45, 2.75) is 32.8 Å². The van der Waals surface area contributed by atoms with Gasteiger partial charge >= 0.3 is 5.97 Å². The minimum Gasteiger partial charge on any atom is -0.494 e. The van der Waals surface area contributed by atoms with Crippen LogP contribution in [0, 0.1) is 0 Å². The number of aromatic nitrogens is 2. The number of carbonyl (C=O) groups excluding carboxylic acids is 1. The van der Waals surface area contributed by atoms with E-state index in [0.717, 1.165) is 27.6 Å². The van der Waals surface area contributed by atoms with E-state index >= 15 is 0 Å². The minimum absolute atomic E-state index is 0.149. The molecule has 0 N–H and O–H groups in total. The smallest absolute Gasteiger partial charge is 0.316 e. The molecule has 5 nitrogen and oxygen atoms in total. The maximum Gasteiger partial charge on any atom is 0.316 e. The number of ether oxygens (including phenoxy) is 2. The molecule has 6 heteroatoms. The summed E-state index contributed by atoms with van der Waals surface area (Å²) in [6.45, 7) is 6.41. The second kappa shape index (κ2) is 8.31. The van der Waals surface area contributed by atoms with Crippen molar-refractivity contribution >= 4 is 17.3 Å². The van der Waals surface area contributed by atoms with Crippen molar-refractivity contribution < 1.29 is 14.3 Å². The summed E-state index contributed by atoms with van der Waals surface area (Å²) in [4.78, 5) is 21.2. The largest absolute Gasteiger partial charge is 0.494 e. The lowest BCUT2D eigenvalue weighted by atomic mass is 9.86. The lowest BCUT2D eigenvalue weighted by Gasteiger charge is -2.22. The lowest BCUT2D eigenvalue weighted by Crippen LogP contribution is -2.31. The molecule has 2 aromatic heterocycles. The number of esters is 1. The zero-order chi connectivity index (χ0) is 19.3. The van der Waals surface area contributed by atoms with Crippen LogP contribution in [-0.4, -0.2) is 22.5 Å². The molecule has 0 aliphatic heterocycles. The highest BCUT2D eigenvalue weighted by molar-refractivity contribution is 7.13. The van der Waals surface area contributed by atoms with Gasteiger partial charge in [-0.2, -0.15) is 0 Å². The Bertz CT molecular complexity index is 889. The van der Waals surface area contributed by atoms with Gasteiger partial charge < -0.3 is 9.47 Å². The zero-order valence-electron chi connectivity index (χ0n) is 15.6. The van der Waals surface area contributed by atoms with Crippen molar-refractivity contribution in [2.24, 2.45) is 0 Å². The number of pyridine rings is 1. The first-order chi connectivity index (χ1) is 13.0. The Morgan fingerprint density at radius 2 is 1.96 bits per heavy atom. The average molecular weight is 382 g/mol. The average Bonchev–Trinajstić information content (AvgIpc) is 3.16. The van der Waals surface area contributed by atoms with Crippen LogP contribution in [0.1, 0.15) is 32.0 Å². The minimum atomic E-state index is -0.762. The molecule has 1 aromatic carbocycles. The van der Waals surface area contributed by atoms with Crippen molar-refractivity contribution in [2.75, 3.05) is 6.61 Å². The first-order valence-electron chi connectivity index (χ1n) is 8.76. The van der Waals surface area contributed by atoms with E-state index in [1.54, 1.807) is 12.4 Å². The number of nitrogens with zero attached hydrogens (tertiary/aromatic N) is 2. The van der Waals surface area contributed by atoms with E-state index in [4.69, 9.17) is 9.47 Å². The van der Waals surface area contributed by atoms with Crippen LogP contribution < -0.4 is 4.74 Å². The van der Waals surface area contributed by atoms with Gasteiger partial charge in [0.1, 0.15) is 17.4 Å². The summed E-state index contributed by atoms with van der Waals surface area (Å²) in [7, 11) is 0. The van der Waals surface area contributed by atoms with E-state index in [1.165, 1.54) is 11.3 Å². The molecule has 3 aromatic rings. The Morgan fingerprint density at radius 1 is 1.19 bits per heavy atom. The molecule has 0 saturated heterocycles. The molecule has 0 fully saturated rings. The van der Waals surface area contributed by atoms with Crippen LogP contribution in [0.4, 0.5) is 0 Å². The van der Waals surface area contributed by atoms with Crippen LogP contribution in [0.3, 0.4) is 0 Å². The second-order valence-electron chi connectivity index (χ2n) is 6.54. The van der Waals surface area contributed by atoms with Gasteiger partial charge in [0.25, 0.3) is 0 Å². The van der Waals surface area contributed by atoms with E-state index in [1.807, 2.05) is 62.5 Å². The molecule has 140 valence electrons. The van der Waals surface area contributed by atoms with E-state index in [2.05, 4.69) is 9.97 Å². The van der Waals surface area contributed by atoms with Gasteiger partial charge in [0.15, 0.2) is 0 Å². The predicted molar refractivity (Wildman–Crippen MR) is 106 cm³/mol. The third kappa shape index (κ3) is 4.52. The molecular formula is C21H22N2O3S. The predicted octanol–water partition coefficient (Wildman–Crippen LogP) is 4.62. The fourth-order valence-electron chi connectivity index (χ4n) is 2.54. The number of benzene rings is 1. The topological polar surface area (TPSA) is 61.3 Å². The van der Waals surface area contributed by atoms with E-state index in [0.29, 0.717) is 6.61 Å². The van der Waals surface area contributed by atoms with Crippen LogP contribution >= 0.6 is 11.3 Å². The Hall–Kier alpha value is -2.73. The van der Waals surface area contributed by atoms with Crippen molar-refractivity contribution in [3.05, 3.63) is 65.4 Å². The summed E-state index contributed by atoms with van der Waals surface area (Å²) in [6.07, 6.45) is 3.37. The van der Waals surface area contributed by atoms with Crippen LogP contribution in [0.5, 0.6) is 5.75 Å². The van der Waals surface area contributed by atoms with Crippen molar-refractivity contribution in [3.63, 3.8) is 0 Å². The fraction of sp³-hybridized carbons (Fsp3) is 0.286. The molecule has 0 saturated carbocycles. The Kier molecular flexibility index (Phi) is 5.86. The molecule has 3 rings (SSSR count). The Balaban J connectivity index is 1.63. The highest BCUT2D eigenvalue weighted by atomic mass is 32.1. The number of thiazole rings is 1. The molecule has 0 bridgehead atoms. The van der Waals surface area contributed by atoms with Crippen molar-refractivity contribution in [1.82, 2.24) is 9.97 Å². The first-order valence-corrected chi connectivity index (χ1v) is 9.64. The van der Waals surface area contributed by atoms with Crippen LogP contribution in [0.15, 0.2) is 54.2 Å². The summed E-state index contributed by atoms with van der Waals surface area (Å²) in [5, 5.41) is 2.80. The Morgan fingerprint density at radius 3 is 2.63 bits per heavy atom. The first kappa shape index (κ1) is 19.0. The fourth-order valence-corrected chi connectivity index (χ4v) is 3.35. The van der Waals surface area contributed by atoms with E-state index in [9.17, 15) is 4.79 Å². The normalized spacial score (nSPS) is 11.2. The molecule has 0 aliphatic rings. The molecule has 27 heavy (non-hydrogen) atoms. The number of hydrogen-bond acceptors (Lipinski definition) is 6. The lowest BCUT2D eigenvalue weighted by molar-refractivity contribution is -0.150. The summed E-state index contributed by atoms with van der Waals surface area (Å²) in [5.41, 5.74) is 1.81. The van der Waals surface area contributed by atoms with Crippen molar-refractivity contribution in [3.8, 4) is 16.3 Å². The number of carbonyl (C=O) groups is 1. The molecule has 0 spiro atoms.